The zero-order valence-corrected chi connectivity index (χ0v) is 14.0. The average molecular weight is 330 g/mol. The summed E-state index contributed by atoms with van der Waals surface area (Å²) in [6.45, 7) is 4.22. The number of carbonyl (C=O) groups excluding carboxylic acids is 1. The fraction of sp³-hybridized carbons (Fsp3) is 0.562. The molecule has 2 N–H and O–H groups in total. The van der Waals surface area contributed by atoms with Crippen molar-refractivity contribution in [2.75, 3.05) is 26.7 Å². The fourth-order valence-electron chi connectivity index (χ4n) is 2.76. The van der Waals surface area contributed by atoms with Gasteiger partial charge in [-0.1, -0.05) is 12.1 Å². The lowest BCUT2D eigenvalue weighted by Gasteiger charge is -2.32. The number of nitrogens with one attached hydrogen (secondary N) is 2. The maximum Gasteiger partial charge on any atom is 0.234 e. The van der Waals surface area contributed by atoms with E-state index in [0.29, 0.717) is 12.6 Å². The number of amides is 1. The third kappa shape index (κ3) is 5.55. The molecule has 2 unspecified atom stereocenters. The van der Waals surface area contributed by atoms with E-state index in [0.717, 1.165) is 25.1 Å². The van der Waals surface area contributed by atoms with E-state index in [1.807, 2.05) is 14.0 Å². The Balaban J connectivity index is 0.00000242. The summed E-state index contributed by atoms with van der Waals surface area (Å²) in [5, 5.41) is 6.24. The highest BCUT2D eigenvalue weighted by atomic mass is 35.5. The molecule has 22 heavy (non-hydrogen) atoms. The third-order valence-electron chi connectivity index (χ3n) is 4.03. The van der Waals surface area contributed by atoms with Crippen molar-refractivity contribution in [2.45, 2.75) is 31.8 Å². The first-order valence-corrected chi connectivity index (χ1v) is 7.53. The van der Waals surface area contributed by atoms with Crippen LogP contribution in [0.15, 0.2) is 24.3 Å². The molecule has 2 rings (SSSR count). The second-order valence-electron chi connectivity index (χ2n) is 5.70. The molecule has 0 saturated carbocycles. The summed E-state index contributed by atoms with van der Waals surface area (Å²) in [6.07, 6.45) is 2.28. The zero-order chi connectivity index (χ0) is 15.2. The van der Waals surface area contributed by atoms with E-state index in [-0.39, 0.29) is 30.2 Å². The molecule has 0 aromatic heterocycles. The Morgan fingerprint density at radius 2 is 2.09 bits per heavy atom. The monoisotopic (exact) mass is 329 g/mol. The van der Waals surface area contributed by atoms with Crippen LogP contribution in [0, 0.1) is 5.82 Å². The molecule has 1 aliphatic heterocycles. The molecule has 1 aromatic carbocycles. The van der Waals surface area contributed by atoms with E-state index < -0.39 is 0 Å². The molecule has 1 fully saturated rings. The first-order chi connectivity index (χ1) is 10.1. The van der Waals surface area contributed by atoms with Gasteiger partial charge in [-0.25, -0.2) is 4.39 Å². The van der Waals surface area contributed by atoms with Gasteiger partial charge in [0.15, 0.2) is 0 Å². The van der Waals surface area contributed by atoms with Crippen molar-refractivity contribution in [2.24, 2.45) is 0 Å². The van der Waals surface area contributed by atoms with Gasteiger partial charge in [-0.15, -0.1) is 12.4 Å². The molecule has 1 aromatic rings. The number of benzene rings is 1. The number of likely N-dealkylation sites (tertiary alicyclic amines) is 1. The largest absolute Gasteiger partial charge is 0.348 e. The van der Waals surface area contributed by atoms with Gasteiger partial charge in [0.05, 0.1) is 12.6 Å². The molecule has 1 amide bonds. The molecule has 4 nitrogen and oxygen atoms in total. The maximum atomic E-state index is 12.9. The molecule has 1 aliphatic rings. The summed E-state index contributed by atoms with van der Waals surface area (Å²) >= 11 is 0. The molecule has 0 radical (unpaired) electrons. The van der Waals surface area contributed by atoms with Crippen LogP contribution in [0.5, 0.6) is 0 Å². The molecule has 124 valence electrons. The topological polar surface area (TPSA) is 44.4 Å². The maximum absolute atomic E-state index is 12.9. The second kappa shape index (κ2) is 9.08. The molecule has 0 aliphatic carbocycles. The van der Waals surface area contributed by atoms with Crippen molar-refractivity contribution in [3.05, 3.63) is 35.6 Å². The molecular weight excluding hydrogens is 305 g/mol. The fourth-order valence-corrected chi connectivity index (χ4v) is 2.76. The SMILES string of the molecule is CNC1CCCN(CC(=O)NC(C)c2ccc(F)cc2)C1.Cl. The zero-order valence-electron chi connectivity index (χ0n) is 13.1. The lowest BCUT2D eigenvalue weighted by molar-refractivity contribution is -0.123. The minimum absolute atomic E-state index is 0. The third-order valence-corrected chi connectivity index (χ3v) is 4.03. The number of rotatable bonds is 5. The molecular formula is C16H25ClFN3O. The van der Waals surface area contributed by atoms with Crippen LogP contribution in [0.3, 0.4) is 0 Å². The van der Waals surface area contributed by atoms with Gasteiger partial charge >= 0.3 is 0 Å². The van der Waals surface area contributed by atoms with Gasteiger partial charge < -0.3 is 10.6 Å². The Kier molecular flexibility index (Phi) is 7.79. The summed E-state index contributed by atoms with van der Waals surface area (Å²) in [6, 6.07) is 6.61. The highest BCUT2D eigenvalue weighted by Gasteiger charge is 2.20. The number of likely N-dealkylation sites (N-methyl/N-ethyl adjacent to an activating group) is 1. The van der Waals surface area contributed by atoms with E-state index in [2.05, 4.69) is 15.5 Å². The van der Waals surface area contributed by atoms with E-state index in [1.54, 1.807) is 12.1 Å². The quantitative estimate of drug-likeness (QED) is 0.869. The van der Waals surface area contributed by atoms with Crippen molar-refractivity contribution >= 4 is 18.3 Å². The number of nitrogens with zero attached hydrogens (tertiary/aromatic N) is 1. The van der Waals surface area contributed by atoms with Crippen LogP contribution in [0.4, 0.5) is 4.39 Å². The Labute approximate surface area is 137 Å². The smallest absolute Gasteiger partial charge is 0.234 e. The van der Waals surface area contributed by atoms with Crippen LogP contribution in [0.2, 0.25) is 0 Å². The van der Waals surface area contributed by atoms with E-state index >= 15 is 0 Å². The van der Waals surface area contributed by atoms with Gasteiger partial charge in [0, 0.05) is 12.6 Å². The van der Waals surface area contributed by atoms with Gasteiger partial charge in [0.1, 0.15) is 5.82 Å². The van der Waals surface area contributed by atoms with Crippen molar-refractivity contribution in [3.8, 4) is 0 Å². The van der Waals surface area contributed by atoms with Crippen LogP contribution in [0.25, 0.3) is 0 Å². The number of piperidine rings is 1. The first kappa shape index (κ1) is 18.9. The normalized spacial score (nSPS) is 20.0. The van der Waals surface area contributed by atoms with Crippen molar-refractivity contribution in [3.63, 3.8) is 0 Å². The van der Waals surface area contributed by atoms with E-state index in [1.165, 1.54) is 18.6 Å². The molecule has 0 spiro atoms. The summed E-state index contributed by atoms with van der Waals surface area (Å²) < 4.78 is 12.9. The molecule has 6 heteroatoms. The Bertz CT molecular complexity index is 469. The number of hydrogen-bond acceptors (Lipinski definition) is 3. The molecule has 1 heterocycles. The Hall–Kier alpha value is -1.17. The van der Waals surface area contributed by atoms with Gasteiger partial charge in [0.2, 0.25) is 5.91 Å². The van der Waals surface area contributed by atoms with Gasteiger partial charge in [0.25, 0.3) is 0 Å². The average Bonchev–Trinajstić information content (AvgIpc) is 2.47. The lowest BCUT2D eigenvalue weighted by Crippen LogP contribution is -2.48. The molecule has 0 bridgehead atoms. The summed E-state index contributed by atoms with van der Waals surface area (Å²) in [5.41, 5.74) is 0.913. The number of hydrogen-bond donors (Lipinski definition) is 2. The predicted molar refractivity (Wildman–Crippen MR) is 88.7 cm³/mol. The van der Waals surface area contributed by atoms with Gasteiger partial charge in [-0.2, -0.15) is 0 Å². The molecule has 2 atom stereocenters. The highest BCUT2D eigenvalue weighted by molar-refractivity contribution is 5.85. The van der Waals surface area contributed by atoms with E-state index in [9.17, 15) is 9.18 Å². The van der Waals surface area contributed by atoms with Gasteiger partial charge in [-0.05, 0) is 51.1 Å². The van der Waals surface area contributed by atoms with Crippen molar-refractivity contribution < 1.29 is 9.18 Å². The van der Waals surface area contributed by atoms with Gasteiger partial charge in [-0.3, -0.25) is 9.69 Å². The van der Waals surface area contributed by atoms with Crippen LogP contribution in [-0.4, -0.2) is 43.5 Å². The summed E-state index contributed by atoms with van der Waals surface area (Å²) in [7, 11) is 1.96. The van der Waals surface area contributed by atoms with Crippen LogP contribution >= 0.6 is 12.4 Å². The van der Waals surface area contributed by atoms with Crippen molar-refractivity contribution in [1.29, 1.82) is 0 Å². The van der Waals surface area contributed by atoms with Crippen LogP contribution < -0.4 is 10.6 Å². The number of halogens is 2. The van der Waals surface area contributed by atoms with Crippen molar-refractivity contribution in [1.82, 2.24) is 15.5 Å². The minimum Gasteiger partial charge on any atom is -0.348 e. The summed E-state index contributed by atoms with van der Waals surface area (Å²) in [4.78, 5) is 14.3. The second-order valence-corrected chi connectivity index (χ2v) is 5.70. The lowest BCUT2D eigenvalue weighted by atomic mass is 10.1. The Morgan fingerprint density at radius 1 is 1.41 bits per heavy atom. The predicted octanol–water partition coefficient (Wildman–Crippen LogP) is 2.11. The van der Waals surface area contributed by atoms with E-state index in [4.69, 9.17) is 0 Å². The first-order valence-electron chi connectivity index (χ1n) is 7.53. The van der Waals surface area contributed by atoms with Crippen LogP contribution in [0.1, 0.15) is 31.4 Å². The highest BCUT2D eigenvalue weighted by Crippen LogP contribution is 2.13. The minimum atomic E-state index is -0.260. The Morgan fingerprint density at radius 3 is 2.73 bits per heavy atom. The number of carbonyl (C=O) groups is 1. The standard InChI is InChI=1S/C16H24FN3O.ClH/c1-12(13-5-7-14(17)8-6-13)19-16(21)11-20-9-3-4-15(10-20)18-2;/h5-8,12,15,18H,3-4,9-11H2,1-2H3,(H,19,21);1H. The summed E-state index contributed by atoms with van der Waals surface area (Å²) in [5.74, 6) is -0.243. The van der Waals surface area contributed by atoms with Crippen LogP contribution in [-0.2, 0) is 4.79 Å². The molecule has 1 saturated heterocycles.